The van der Waals surface area contributed by atoms with Gasteiger partial charge >= 0.3 is 0 Å². The van der Waals surface area contributed by atoms with Gasteiger partial charge < -0.3 is 0 Å². The number of carbonyl (C=O) groups is 1. The summed E-state index contributed by atoms with van der Waals surface area (Å²) in [7, 11) is 4.50. The van der Waals surface area contributed by atoms with E-state index in [0.29, 0.717) is 18.1 Å². The Balaban J connectivity index is 0.00000186. The van der Waals surface area contributed by atoms with Crippen LogP contribution in [-0.4, -0.2) is 24.6 Å². The number of ketones is 1. The minimum atomic E-state index is -0.184. The quantitative estimate of drug-likeness (QED) is 0.195. The Hall–Kier alpha value is -3.43. The molecule has 0 N–H and O–H groups in total. The molecular formula is C34H38BNO. The highest BCUT2D eigenvalue weighted by atomic mass is 16.1. The molecule has 3 heteroatoms. The van der Waals surface area contributed by atoms with Crippen molar-refractivity contribution in [1.29, 1.82) is 0 Å². The summed E-state index contributed by atoms with van der Waals surface area (Å²) in [4.78, 5) is 16.3. The van der Waals surface area contributed by atoms with Gasteiger partial charge in [-0.1, -0.05) is 135 Å². The largest absolute Gasteiger partial charge is 0.298 e. The number of hydrogen-bond donors (Lipinski definition) is 0. The molecule has 0 fully saturated rings. The van der Waals surface area contributed by atoms with Gasteiger partial charge in [-0.3, -0.25) is 9.69 Å². The third-order valence-corrected chi connectivity index (χ3v) is 6.52. The Morgan fingerprint density at radius 2 is 0.946 bits per heavy atom. The van der Waals surface area contributed by atoms with Gasteiger partial charge in [0.25, 0.3) is 0 Å². The Bertz CT molecular complexity index is 1110. The molecule has 0 saturated carbocycles. The molecule has 0 unspecified atom stereocenters. The van der Waals surface area contributed by atoms with Crippen LogP contribution in [0.3, 0.4) is 0 Å². The molecule has 0 aromatic heterocycles. The summed E-state index contributed by atoms with van der Waals surface area (Å²) in [5.41, 5.74) is 4.95. The fourth-order valence-corrected chi connectivity index (χ4v) is 4.76. The number of rotatable bonds is 12. The lowest BCUT2D eigenvalue weighted by Gasteiger charge is -2.32. The lowest BCUT2D eigenvalue weighted by atomic mass is 9.90. The zero-order chi connectivity index (χ0) is 26.3. The van der Waals surface area contributed by atoms with Crippen LogP contribution in [-0.2, 0) is 30.7 Å². The summed E-state index contributed by atoms with van der Waals surface area (Å²) < 4.78 is 0. The number of nitrogens with zero attached hydrogens (tertiary/aromatic N) is 1. The first-order chi connectivity index (χ1) is 18.2. The molecule has 0 saturated heterocycles. The summed E-state index contributed by atoms with van der Waals surface area (Å²) in [6.07, 6.45) is 2.21. The van der Waals surface area contributed by atoms with E-state index in [1.165, 1.54) is 29.1 Å². The standard InChI is InChI=1S/C33H35NO.CH3B/c1-27(22-28-14-6-2-7-15-28)23-33(35)32(24-29-16-8-3-9-17-29)34(25-30-18-10-4-11-19-30)26-31-20-12-5-13-21-31;1-2/h2-21,27,32H,22-26H2,1H3;1H3/t27-,32-;/m0./s1. The zero-order valence-corrected chi connectivity index (χ0v) is 22.2. The molecule has 0 bridgehead atoms. The molecule has 2 nitrogen and oxygen atoms in total. The lowest BCUT2D eigenvalue weighted by molar-refractivity contribution is -0.125. The van der Waals surface area contributed by atoms with Gasteiger partial charge in [-0.05, 0) is 41.0 Å². The molecule has 0 heterocycles. The highest BCUT2D eigenvalue weighted by Gasteiger charge is 2.27. The van der Waals surface area contributed by atoms with Crippen molar-refractivity contribution in [2.75, 3.05) is 0 Å². The Kier molecular flexibility index (Phi) is 11.9. The van der Waals surface area contributed by atoms with Crippen molar-refractivity contribution in [2.45, 2.75) is 52.1 Å². The normalized spacial score (nSPS) is 12.3. The molecular weight excluding hydrogens is 449 g/mol. The maximum Gasteiger partial charge on any atom is 0.150 e. The van der Waals surface area contributed by atoms with Crippen LogP contribution < -0.4 is 0 Å². The molecule has 4 aromatic rings. The van der Waals surface area contributed by atoms with Gasteiger partial charge in [0.15, 0.2) is 5.78 Å². The molecule has 0 spiro atoms. The average Bonchev–Trinajstić information content (AvgIpc) is 2.94. The van der Waals surface area contributed by atoms with E-state index in [4.69, 9.17) is 0 Å². The van der Waals surface area contributed by atoms with Crippen molar-refractivity contribution in [3.05, 3.63) is 144 Å². The van der Waals surface area contributed by atoms with Gasteiger partial charge in [-0.15, -0.1) is 0 Å². The monoisotopic (exact) mass is 487 g/mol. The molecule has 0 aliphatic rings. The second-order valence-electron chi connectivity index (χ2n) is 9.55. The highest BCUT2D eigenvalue weighted by molar-refractivity contribution is 6.05. The van der Waals surface area contributed by atoms with Crippen LogP contribution in [0.1, 0.15) is 35.6 Å². The highest BCUT2D eigenvalue weighted by Crippen LogP contribution is 2.21. The first kappa shape index (κ1) is 28.2. The van der Waals surface area contributed by atoms with Crippen molar-refractivity contribution in [3.63, 3.8) is 0 Å². The van der Waals surface area contributed by atoms with E-state index in [1.54, 1.807) is 0 Å². The van der Waals surface area contributed by atoms with Crippen LogP contribution in [0.5, 0.6) is 0 Å². The fraction of sp³-hybridized carbons (Fsp3) is 0.265. The van der Waals surface area contributed by atoms with Gasteiger partial charge in [-0.2, -0.15) is 0 Å². The molecule has 4 rings (SSSR count). The second kappa shape index (κ2) is 15.6. The SMILES string of the molecule is C[C@H](CC(=O)[C@H](Cc1ccccc1)N(Cc1ccccc1)Cc1ccccc1)Cc1ccccc1.[B]C. The fourth-order valence-electron chi connectivity index (χ4n) is 4.76. The predicted molar refractivity (Wildman–Crippen MR) is 157 cm³/mol. The second-order valence-corrected chi connectivity index (χ2v) is 9.55. The Morgan fingerprint density at radius 3 is 1.35 bits per heavy atom. The first-order valence-corrected chi connectivity index (χ1v) is 13.2. The molecule has 0 aliphatic carbocycles. The first-order valence-electron chi connectivity index (χ1n) is 13.2. The Labute approximate surface area is 224 Å². The van der Waals surface area contributed by atoms with Crippen molar-refractivity contribution in [3.8, 4) is 0 Å². The van der Waals surface area contributed by atoms with Crippen molar-refractivity contribution in [2.24, 2.45) is 5.92 Å². The maximum absolute atomic E-state index is 13.9. The Morgan fingerprint density at radius 1 is 0.595 bits per heavy atom. The van der Waals surface area contributed by atoms with E-state index >= 15 is 0 Å². The number of benzene rings is 4. The molecule has 0 aliphatic heterocycles. The molecule has 0 amide bonds. The van der Waals surface area contributed by atoms with Crippen LogP contribution in [0.15, 0.2) is 121 Å². The van der Waals surface area contributed by atoms with Gasteiger partial charge in [0, 0.05) is 19.5 Å². The van der Waals surface area contributed by atoms with Gasteiger partial charge in [0.05, 0.1) is 13.9 Å². The number of Topliss-reactive ketones (excluding diaryl/α,β-unsaturated/α-hetero) is 1. The van der Waals surface area contributed by atoms with E-state index in [1.807, 2.05) is 24.3 Å². The number of carbonyl (C=O) groups excluding carboxylic acids is 1. The van der Waals surface area contributed by atoms with Crippen LogP contribution in [0, 0.1) is 5.92 Å². The van der Waals surface area contributed by atoms with E-state index in [9.17, 15) is 4.79 Å². The van der Waals surface area contributed by atoms with E-state index in [0.717, 1.165) is 25.9 Å². The average molecular weight is 487 g/mol. The van der Waals surface area contributed by atoms with Gasteiger partial charge in [0.1, 0.15) is 0 Å². The minimum Gasteiger partial charge on any atom is -0.298 e. The zero-order valence-electron chi connectivity index (χ0n) is 22.2. The van der Waals surface area contributed by atoms with Crippen molar-refractivity contribution >= 4 is 13.6 Å². The summed E-state index contributed by atoms with van der Waals surface area (Å²) >= 11 is 0. The summed E-state index contributed by atoms with van der Waals surface area (Å²) in [5.74, 6) is 0.614. The predicted octanol–water partition coefficient (Wildman–Crippen LogP) is 7.34. The van der Waals surface area contributed by atoms with E-state index < -0.39 is 0 Å². The van der Waals surface area contributed by atoms with Crippen LogP contribution in [0.25, 0.3) is 0 Å². The summed E-state index contributed by atoms with van der Waals surface area (Å²) in [6, 6.07) is 41.7. The molecule has 188 valence electrons. The lowest BCUT2D eigenvalue weighted by Crippen LogP contribution is -2.42. The van der Waals surface area contributed by atoms with Crippen LogP contribution in [0.4, 0.5) is 0 Å². The van der Waals surface area contributed by atoms with Crippen LogP contribution in [0.2, 0.25) is 6.82 Å². The molecule has 2 atom stereocenters. The van der Waals surface area contributed by atoms with Crippen molar-refractivity contribution in [1.82, 2.24) is 4.90 Å². The molecule has 4 aromatic carbocycles. The van der Waals surface area contributed by atoms with Gasteiger partial charge in [0.2, 0.25) is 0 Å². The third kappa shape index (κ3) is 9.51. The number of hydrogen-bond acceptors (Lipinski definition) is 2. The van der Waals surface area contributed by atoms with E-state index in [2.05, 4.69) is 117 Å². The molecule has 37 heavy (non-hydrogen) atoms. The van der Waals surface area contributed by atoms with Gasteiger partial charge in [-0.25, -0.2) is 0 Å². The summed E-state index contributed by atoms with van der Waals surface area (Å²) in [5, 5.41) is 0. The maximum atomic E-state index is 13.9. The minimum absolute atomic E-state index is 0.184. The summed E-state index contributed by atoms with van der Waals surface area (Å²) in [6.45, 7) is 5.18. The molecule has 2 radical (unpaired) electrons. The third-order valence-electron chi connectivity index (χ3n) is 6.52. The van der Waals surface area contributed by atoms with Crippen LogP contribution >= 0.6 is 0 Å². The topological polar surface area (TPSA) is 20.3 Å². The van der Waals surface area contributed by atoms with Crippen molar-refractivity contribution < 1.29 is 4.79 Å². The van der Waals surface area contributed by atoms with E-state index in [-0.39, 0.29) is 6.04 Å². The smallest absolute Gasteiger partial charge is 0.150 e.